The average Bonchev–Trinajstić information content (AvgIpc) is 2.10. The molecule has 0 aromatic heterocycles. The fraction of sp³-hybridized carbons (Fsp3) is 0.857. The largest absolute Gasteiger partial charge is 0.388 e. The van der Waals surface area contributed by atoms with Crippen LogP contribution in [0.25, 0.3) is 0 Å². The molecule has 0 rings (SSSR count). The fourth-order valence-electron chi connectivity index (χ4n) is 0.764. The molecule has 4 N–H and O–H groups in total. The fourth-order valence-corrected chi connectivity index (χ4v) is 1.19. The van der Waals surface area contributed by atoms with Crippen molar-refractivity contribution in [1.29, 1.82) is 0 Å². The molecule has 0 saturated heterocycles. The lowest BCUT2D eigenvalue weighted by molar-refractivity contribution is -0.137. The average molecular weight is 242 g/mol. The van der Waals surface area contributed by atoms with Crippen molar-refractivity contribution >= 4 is 13.4 Å². The number of hydrogen-bond acceptors (Lipinski definition) is 6. The number of Topliss-reactive ketones (excluding diaryl/α,β-unsaturated/α-hetero) is 1. The molecule has 0 aromatic rings. The van der Waals surface area contributed by atoms with E-state index in [0.717, 1.165) is 13.6 Å². The summed E-state index contributed by atoms with van der Waals surface area (Å²) in [5.74, 6) is -0.717. The molecule has 0 fully saturated rings. The van der Waals surface area contributed by atoms with Gasteiger partial charge in [0.1, 0.15) is 18.3 Å². The maximum absolute atomic E-state index is 10.7. The van der Waals surface area contributed by atoms with Crippen LogP contribution < -0.4 is 0 Å². The van der Waals surface area contributed by atoms with Crippen LogP contribution in [0.5, 0.6) is 0 Å². The molecule has 0 saturated carbocycles. The Kier molecular flexibility index (Phi) is 5.58. The third kappa shape index (κ3) is 5.99. The molecule has 0 heterocycles. The van der Waals surface area contributed by atoms with Gasteiger partial charge in [-0.15, -0.1) is 0 Å². The molecule has 0 spiro atoms. The highest BCUT2D eigenvalue weighted by atomic mass is 31.2. The van der Waals surface area contributed by atoms with Crippen LogP contribution in [0.1, 0.15) is 6.92 Å². The Morgan fingerprint density at radius 1 is 1.40 bits per heavy atom. The SMILES string of the molecule is CC(=O)[C@H](O)[C@H](O)[C@H](O)COP(C)(=O)O. The number of hydrogen-bond donors (Lipinski definition) is 4. The summed E-state index contributed by atoms with van der Waals surface area (Å²) >= 11 is 0. The Balaban J connectivity index is 4.16. The highest BCUT2D eigenvalue weighted by molar-refractivity contribution is 7.51. The van der Waals surface area contributed by atoms with E-state index < -0.39 is 38.3 Å². The van der Waals surface area contributed by atoms with Crippen LogP contribution >= 0.6 is 7.60 Å². The molecule has 0 aromatic carbocycles. The van der Waals surface area contributed by atoms with Gasteiger partial charge in [0, 0.05) is 6.66 Å². The summed E-state index contributed by atoms with van der Waals surface area (Å²) in [6.45, 7) is 1.31. The van der Waals surface area contributed by atoms with E-state index in [9.17, 15) is 19.6 Å². The topological polar surface area (TPSA) is 124 Å². The van der Waals surface area contributed by atoms with Gasteiger partial charge in [0.15, 0.2) is 5.78 Å². The quantitative estimate of drug-likeness (QED) is 0.417. The summed E-state index contributed by atoms with van der Waals surface area (Å²) in [7, 11) is -3.75. The molecule has 0 aliphatic carbocycles. The summed E-state index contributed by atoms with van der Waals surface area (Å²) in [5, 5.41) is 27.4. The first-order chi connectivity index (χ1) is 6.65. The van der Waals surface area contributed by atoms with E-state index in [1.807, 2.05) is 0 Å². The second kappa shape index (κ2) is 5.69. The normalized spacial score (nSPS) is 21.5. The summed E-state index contributed by atoms with van der Waals surface area (Å²) in [6, 6.07) is 0. The third-order valence-electron chi connectivity index (χ3n) is 1.62. The van der Waals surface area contributed by atoms with Crippen LogP contribution in [-0.4, -0.2) is 57.6 Å². The molecule has 8 heteroatoms. The van der Waals surface area contributed by atoms with Crippen molar-refractivity contribution in [2.24, 2.45) is 0 Å². The minimum Gasteiger partial charge on any atom is -0.388 e. The van der Waals surface area contributed by atoms with Crippen molar-refractivity contribution in [1.82, 2.24) is 0 Å². The second-order valence-corrected chi connectivity index (χ2v) is 5.08. The molecule has 0 aliphatic rings. The van der Waals surface area contributed by atoms with Gasteiger partial charge in [0.2, 0.25) is 0 Å². The highest BCUT2D eigenvalue weighted by Gasteiger charge is 2.29. The number of aliphatic hydroxyl groups excluding tert-OH is 3. The molecule has 0 aliphatic heterocycles. The van der Waals surface area contributed by atoms with Gasteiger partial charge in [-0.05, 0) is 6.92 Å². The molecule has 0 bridgehead atoms. The van der Waals surface area contributed by atoms with E-state index in [0.29, 0.717) is 0 Å². The standard InChI is InChI=1S/C7H15O7P/c1-4(8)6(10)7(11)5(9)3-14-15(2,12)13/h5-7,9-11H,3H2,1-2H3,(H,12,13)/t5-,6+,7-/m1/s1. The van der Waals surface area contributed by atoms with Gasteiger partial charge in [0.25, 0.3) is 0 Å². The van der Waals surface area contributed by atoms with Crippen LogP contribution in [0.3, 0.4) is 0 Å². The van der Waals surface area contributed by atoms with Gasteiger partial charge in [-0.25, -0.2) is 0 Å². The molecule has 0 amide bonds. The first-order valence-electron chi connectivity index (χ1n) is 4.14. The zero-order chi connectivity index (χ0) is 12.2. The first-order valence-corrected chi connectivity index (χ1v) is 6.17. The molecular weight excluding hydrogens is 227 g/mol. The Morgan fingerprint density at radius 2 is 1.87 bits per heavy atom. The number of ketones is 1. The Morgan fingerprint density at radius 3 is 2.20 bits per heavy atom. The van der Waals surface area contributed by atoms with E-state index in [2.05, 4.69) is 4.52 Å². The highest BCUT2D eigenvalue weighted by Crippen LogP contribution is 2.36. The zero-order valence-electron chi connectivity index (χ0n) is 8.40. The second-order valence-electron chi connectivity index (χ2n) is 3.21. The molecule has 7 nitrogen and oxygen atoms in total. The number of carbonyl (C=O) groups excluding carboxylic acids is 1. The Labute approximate surface area is 86.8 Å². The zero-order valence-corrected chi connectivity index (χ0v) is 9.29. The monoisotopic (exact) mass is 242 g/mol. The van der Waals surface area contributed by atoms with Gasteiger partial charge in [-0.3, -0.25) is 9.36 Å². The van der Waals surface area contributed by atoms with Gasteiger partial charge in [-0.2, -0.15) is 0 Å². The third-order valence-corrected chi connectivity index (χ3v) is 2.25. The van der Waals surface area contributed by atoms with Crippen molar-refractivity contribution < 1.29 is 34.1 Å². The van der Waals surface area contributed by atoms with Crippen molar-refractivity contribution in [3.8, 4) is 0 Å². The van der Waals surface area contributed by atoms with Gasteiger partial charge in [-0.1, -0.05) is 0 Å². The van der Waals surface area contributed by atoms with E-state index in [1.165, 1.54) is 0 Å². The van der Waals surface area contributed by atoms with E-state index in [1.54, 1.807) is 0 Å². The van der Waals surface area contributed by atoms with Crippen LogP contribution in [0.2, 0.25) is 0 Å². The van der Waals surface area contributed by atoms with Crippen LogP contribution in [0, 0.1) is 0 Å². The van der Waals surface area contributed by atoms with E-state index in [4.69, 9.17) is 10.00 Å². The van der Waals surface area contributed by atoms with Gasteiger partial charge < -0.3 is 24.7 Å². The minimum absolute atomic E-state index is 0.643. The van der Waals surface area contributed by atoms with E-state index >= 15 is 0 Å². The van der Waals surface area contributed by atoms with Crippen LogP contribution in [-0.2, 0) is 13.9 Å². The molecule has 4 atom stereocenters. The Hall–Kier alpha value is -0.300. The number of rotatable bonds is 6. The lowest BCUT2D eigenvalue weighted by Crippen LogP contribution is -2.43. The lowest BCUT2D eigenvalue weighted by atomic mass is 10.1. The minimum atomic E-state index is -3.75. The predicted octanol–water partition coefficient (Wildman–Crippen LogP) is -1.51. The predicted molar refractivity (Wildman–Crippen MR) is 50.4 cm³/mol. The molecule has 90 valence electrons. The van der Waals surface area contributed by atoms with Gasteiger partial charge >= 0.3 is 7.60 Å². The molecular formula is C7H15O7P. The van der Waals surface area contributed by atoms with Crippen molar-refractivity contribution in [2.75, 3.05) is 13.3 Å². The van der Waals surface area contributed by atoms with Gasteiger partial charge in [0.05, 0.1) is 6.61 Å². The van der Waals surface area contributed by atoms with Crippen molar-refractivity contribution in [2.45, 2.75) is 25.2 Å². The summed E-state index contributed by atoms with van der Waals surface area (Å²) in [6.07, 6.45) is -5.09. The van der Waals surface area contributed by atoms with Crippen molar-refractivity contribution in [3.63, 3.8) is 0 Å². The number of aliphatic hydroxyl groups is 3. The summed E-state index contributed by atoms with van der Waals surface area (Å²) in [5.41, 5.74) is 0. The smallest absolute Gasteiger partial charge is 0.325 e. The maximum atomic E-state index is 10.7. The van der Waals surface area contributed by atoms with Crippen LogP contribution in [0.4, 0.5) is 0 Å². The van der Waals surface area contributed by atoms with Crippen LogP contribution in [0.15, 0.2) is 0 Å². The molecule has 1 unspecified atom stereocenters. The summed E-state index contributed by atoms with van der Waals surface area (Å²) < 4.78 is 15.0. The Bertz CT molecular complexity index is 260. The molecule has 0 radical (unpaired) electrons. The lowest BCUT2D eigenvalue weighted by Gasteiger charge is -2.21. The number of carbonyl (C=O) groups is 1. The summed E-state index contributed by atoms with van der Waals surface area (Å²) in [4.78, 5) is 19.3. The van der Waals surface area contributed by atoms with E-state index in [-0.39, 0.29) is 0 Å². The molecule has 15 heavy (non-hydrogen) atoms. The maximum Gasteiger partial charge on any atom is 0.325 e. The van der Waals surface area contributed by atoms with Crippen molar-refractivity contribution in [3.05, 3.63) is 0 Å². The first kappa shape index (κ1) is 14.7.